The molecular weight excluding hydrogens is 322 g/mol. The summed E-state index contributed by atoms with van der Waals surface area (Å²) in [6, 6.07) is 3.48. The van der Waals surface area contributed by atoms with Gasteiger partial charge in [0.25, 0.3) is 0 Å². The lowest BCUT2D eigenvalue weighted by atomic mass is 10.1. The average molecular weight is 354 g/mol. The summed E-state index contributed by atoms with van der Waals surface area (Å²) in [5.41, 5.74) is 1.18. The minimum absolute atomic E-state index is 0.0481. The molecule has 0 fully saturated rings. The van der Waals surface area contributed by atoms with Crippen LogP contribution in [0.3, 0.4) is 0 Å². The molecule has 0 atom stereocenters. The third-order valence-electron chi connectivity index (χ3n) is 4.34. The van der Waals surface area contributed by atoms with E-state index in [0.717, 1.165) is 18.4 Å². The molecule has 0 heterocycles. The monoisotopic (exact) mass is 353 g/mol. The first-order valence-corrected chi connectivity index (χ1v) is 9.72. The molecule has 24 heavy (non-hydrogen) atoms. The Labute approximate surface area is 151 Å². The highest BCUT2D eigenvalue weighted by Gasteiger charge is 2.10. The number of phenolic OH excluding ortho intramolecular Hbond substituents is 1. The largest absolute Gasteiger partial charge is 0.504 e. The molecule has 0 saturated carbocycles. The second-order valence-electron chi connectivity index (χ2n) is 6.57. The van der Waals surface area contributed by atoms with Crippen LogP contribution in [0, 0.1) is 6.92 Å². The van der Waals surface area contributed by atoms with Crippen LogP contribution in [-0.4, -0.2) is 11.0 Å². The Morgan fingerprint density at radius 3 is 2.12 bits per heavy atom. The maximum absolute atomic E-state index is 11.9. The fourth-order valence-corrected chi connectivity index (χ4v) is 2.92. The number of phenols is 1. The average Bonchev–Trinajstić information content (AvgIpc) is 2.57. The Morgan fingerprint density at radius 2 is 1.54 bits per heavy atom. The van der Waals surface area contributed by atoms with E-state index in [1.165, 1.54) is 51.4 Å². The Bertz CT molecular complexity index is 503. The van der Waals surface area contributed by atoms with E-state index in [1.807, 2.05) is 6.92 Å². The van der Waals surface area contributed by atoms with Gasteiger partial charge in [-0.2, -0.15) is 0 Å². The summed E-state index contributed by atoms with van der Waals surface area (Å²) < 4.78 is 0. The number of hydrogen-bond acceptors (Lipinski definition) is 2. The summed E-state index contributed by atoms with van der Waals surface area (Å²) in [5, 5.41) is 13.0. The molecule has 4 heteroatoms. The predicted octanol–water partition coefficient (Wildman–Crippen LogP) is 6.60. The van der Waals surface area contributed by atoms with Crippen molar-refractivity contribution in [3.63, 3.8) is 0 Å². The van der Waals surface area contributed by atoms with Crippen LogP contribution in [0.25, 0.3) is 0 Å². The molecule has 3 nitrogen and oxygen atoms in total. The smallest absolute Gasteiger partial charge is 0.224 e. The normalized spacial score (nSPS) is 10.8. The second-order valence-corrected chi connectivity index (χ2v) is 6.95. The lowest BCUT2D eigenvalue weighted by Gasteiger charge is -2.10. The molecule has 0 bridgehead atoms. The number of carbonyl (C=O) groups excluding carboxylic acids is 1. The van der Waals surface area contributed by atoms with Gasteiger partial charge in [0.1, 0.15) is 0 Å². The fraction of sp³-hybridized carbons (Fsp3) is 0.650. The van der Waals surface area contributed by atoms with Crippen molar-refractivity contribution in [2.75, 3.05) is 5.32 Å². The van der Waals surface area contributed by atoms with Crippen LogP contribution in [0.15, 0.2) is 12.1 Å². The van der Waals surface area contributed by atoms with Gasteiger partial charge in [0.2, 0.25) is 5.91 Å². The second kappa shape index (κ2) is 12.2. The van der Waals surface area contributed by atoms with Crippen LogP contribution in [0.2, 0.25) is 5.02 Å². The number of aryl methyl sites for hydroxylation is 1. The number of carbonyl (C=O) groups is 1. The van der Waals surface area contributed by atoms with Crippen molar-refractivity contribution < 1.29 is 9.90 Å². The van der Waals surface area contributed by atoms with Crippen LogP contribution in [-0.2, 0) is 4.79 Å². The lowest BCUT2D eigenvalue weighted by molar-refractivity contribution is -0.116. The molecule has 0 aliphatic rings. The molecule has 1 amide bonds. The number of nitrogens with one attached hydrogen (secondary N) is 1. The minimum Gasteiger partial charge on any atom is -0.504 e. The van der Waals surface area contributed by atoms with Gasteiger partial charge in [-0.25, -0.2) is 0 Å². The molecule has 2 N–H and O–H groups in total. The van der Waals surface area contributed by atoms with Crippen molar-refractivity contribution in [2.45, 2.75) is 84.5 Å². The van der Waals surface area contributed by atoms with Gasteiger partial charge in [-0.3, -0.25) is 4.79 Å². The SMILES string of the molecule is CCCCCCCCCCCCC(=O)Nc1ccc(C)c(Cl)c1O. The number of aromatic hydroxyl groups is 1. The topological polar surface area (TPSA) is 49.3 Å². The van der Waals surface area contributed by atoms with E-state index in [9.17, 15) is 9.90 Å². The minimum atomic E-state index is -0.0650. The highest BCUT2D eigenvalue weighted by Crippen LogP contribution is 2.34. The first kappa shape index (κ1) is 20.8. The van der Waals surface area contributed by atoms with Crippen LogP contribution in [0.1, 0.15) is 83.1 Å². The third-order valence-corrected chi connectivity index (χ3v) is 4.82. The summed E-state index contributed by atoms with van der Waals surface area (Å²) in [7, 11) is 0. The molecule has 0 aliphatic carbocycles. The van der Waals surface area contributed by atoms with Gasteiger partial charge < -0.3 is 10.4 Å². The zero-order chi connectivity index (χ0) is 17.8. The summed E-state index contributed by atoms with van der Waals surface area (Å²) in [5.74, 6) is -0.113. The number of anilines is 1. The quantitative estimate of drug-likeness (QED) is 0.328. The third kappa shape index (κ3) is 8.05. The van der Waals surface area contributed by atoms with Crippen molar-refractivity contribution >= 4 is 23.2 Å². The summed E-state index contributed by atoms with van der Waals surface area (Å²) >= 11 is 5.98. The van der Waals surface area contributed by atoms with E-state index in [4.69, 9.17) is 11.6 Å². The standard InChI is InChI=1S/C20H32ClNO2/c1-3-4-5-6-7-8-9-10-11-12-13-18(23)22-17-15-14-16(2)19(21)20(17)24/h14-15,24H,3-13H2,1-2H3,(H,22,23). The molecular formula is C20H32ClNO2. The van der Waals surface area contributed by atoms with Gasteiger partial charge in [-0.15, -0.1) is 0 Å². The first-order chi connectivity index (χ1) is 11.6. The molecule has 0 unspecified atom stereocenters. The van der Waals surface area contributed by atoms with E-state index in [1.54, 1.807) is 12.1 Å². The van der Waals surface area contributed by atoms with Gasteiger partial charge in [0.15, 0.2) is 5.75 Å². The van der Waals surface area contributed by atoms with Gasteiger partial charge >= 0.3 is 0 Å². The molecule has 0 saturated heterocycles. The molecule has 0 aliphatic heterocycles. The molecule has 1 aromatic rings. The number of benzene rings is 1. The van der Waals surface area contributed by atoms with E-state index < -0.39 is 0 Å². The summed E-state index contributed by atoms with van der Waals surface area (Å²) in [6.07, 6.45) is 13.0. The number of halogens is 1. The molecule has 0 spiro atoms. The molecule has 1 rings (SSSR count). The van der Waals surface area contributed by atoms with E-state index >= 15 is 0 Å². The Morgan fingerprint density at radius 1 is 1.00 bits per heavy atom. The Kier molecular flexibility index (Phi) is 10.6. The summed E-state index contributed by atoms with van der Waals surface area (Å²) in [4.78, 5) is 11.9. The van der Waals surface area contributed by atoms with Gasteiger partial charge in [-0.1, -0.05) is 82.4 Å². The Balaban J connectivity index is 2.10. The predicted molar refractivity (Wildman–Crippen MR) is 103 cm³/mol. The highest BCUT2D eigenvalue weighted by molar-refractivity contribution is 6.33. The lowest BCUT2D eigenvalue weighted by Crippen LogP contribution is -2.11. The fourth-order valence-electron chi connectivity index (χ4n) is 2.75. The number of hydrogen-bond donors (Lipinski definition) is 2. The number of amides is 1. The van der Waals surface area contributed by atoms with Gasteiger partial charge in [0.05, 0.1) is 10.7 Å². The number of rotatable bonds is 12. The van der Waals surface area contributed by atoms with Crippen LogP contribution >= 0.6 is 11.6 Å². The van der Waals surface area contributed by atoms with Crippen LogP contribution in [0.5, 0.6) is 5.75 Å². The van der Waals surface area contributed by atoms with Crippen molar-refractivity contribution in [3.05, 3.63) is 22.7 Å². The molecule has 0 aromatic heterocycles. The van der Waals surface area contributed by atoms with E-state index in [-0.39, 0.29) is 11.7 Å². The summed E-state index contributed by atoms with van der Waals surface area (Å²) in [6.45, 7) is 4.06. The van der Waals surface area contributed by atoms with Crippen molar-refractivity contribution in [3.8, 4) is 5.75 Å². The van der Waals surface area contributed by atoms with E-state index in [2.05, 4.69) is 12.2 Å². The maximum atomic E-state index is 11.9. The maximum Gasteiger partial charge on any atom is 0.224 e. The van der Waals surface area contributed by atoms with Crippen molar-refractivity contribution in [2.24, 2.45) is 0 Å². The highest BCUT2D eigenvalue weighted by atomic mass is 35.5. The molecule has 0 radical (unpaired) electrons. The van der Waals surface area contributed by atoms with Crippen LogP contribution in [0.4, 0.5) is 5.69 Å². The Hall–Kier alpha value is -1.22. The van der Waals surface area contributed by atoms with Gasteiger partial charge in [0, 0.05) is 6.42 Å². The zero-order valence-corrected chi connectivity index (χ0v) is 15.9. The van der Waals surface area contributed by atoms with Crippen molar-refractivity contribution in [1.82, 2.24) is 0 Å². The molecule has 1 aromatic carbocycles. The van der Waals surface area contributed by atoms with Crippen molar-refractivity contribution in [1.29, 1.82) is 0 Å². The van der Waals surface area contributed by atoms with Crippen LogP contribution < -0.4 is 5.32 Å². The zero-order valence-electron chi connectivity index (χ0n) is 15.2. The number of unbranched alkanes of at least 4 members (excludes halogenated alkanes) is 9. The van der Waals surface area contributed by atoms with E-state index in [0.29, 0.717) is 17.1 Å². The first-order valence-electron chi connectivity index (χ1n) is 9.34. The van der Waals surface area contributed by atoms with Gasteiger partial charge in [-0.05, 0) is 25.0 Å². The molecule has 136 valence electrons.